The zero-order chi connectivity index (χ0) is 15.7. The molecule has 0 aliphatic carbocycles. The van der Waals surface area contributed by atoms with Gasteiger partial charge in [-0.2, -0.15) is 0 Å². The van der Waals surface area contributed by atoms with Crippen molar-refractivity contribution in [2.75, 3.05) is 53.9 Å². The minimum Gasteiger partial charge on any atom is -0.356 e. The summed E-state index contributed by atoms with van der Waals surface area (Å²) in [6.07, 6.45) is 3.82. The number of piperazine rings is 1. The van der Waals surface area contributed by atoms with Gasteiger partial charge in [-0.05, 0) is 26.4 Å². The van der Waals surface area contributed by atoms with Crippen molar-refractivity contribution in [3.05, 3.63) is 0 Å². The van der Waals surface area contributed by atoms with Gasteiger partial charge in [0.05, 0.1) is 0 Å². The average molecular weight is 425 g/mol. The lowest BCUT2D eigenvalue weighted by Gasteiger charge is -2.37. The zero-order valence-corrected chi connectivity index (χ0v) is 17.4. The van der Waals surface area contributed by atoms with Crippen LogP contribution in [0.15, 0.2) is 4.99 Å². The van der Waals surface area contributed by atoms with Crippen molar-refractivity contribution in [1.29, 1.82) is 0 Å². The lowest BCUT2D eigenvalue weighted by Crippen LogP contribution is -2.55. The van der Waals surface area contributed by atoms with Gasteiger partial charge in [-0.15, -0.1) is 24.0 Å². The largest absolute Gasteiger partial charge is 0.356 e. The maximum Gasteiger partial charge on any atom is 0.191 e. The van der Waals surface area contributed by atoms with Crippen LogP contribution in [-0.4, -0.2) is 75.7 Å². The molecule has 1 aliphatic rings. The number of aliphatic imine (C=N–C) groups is 1. The molecular weight excluding hydrogens is 389 g/mol. The molecule has 5 nitrogen and oxygen atoms in total. The molecule has 0 saturated carbocycles. The maximum absolute atomic E-state index is 4.31. The predicted octanol–water partition coefficient (Wildman–Crippen LogP) is 1.84. The molecule has 1 heterocycles. The number of nitrogens with one attached hydrogen (secondary N) is 2. The molecule has 0 aromatic carbocycles. The van der Waals surface area contributed by atoms with Crippen molar-refractivity contribution in [3.8, 4) is 0 Å². The van der Waals surface area contributed by atoms with Gasteiger partial charge in [0.25, 0.3) is 0 Å². The second-order valence-corrected chi connectivity index (χ2v) is 6.67. The van der Waals surface area contributed by atoms with Gasteiger partial charge in [-0.25, -0.2) is 0 Å². The molecule has 1 atom stereocenters. The van der Waals surface area contributed by atoms with Crippen molar-refractivity contribution in [2.24, 2.45) is 10.9 Å². The molecule has 2 N–H and O–H groups in total. The first-order chi connectivity index (χ1) is 10.0. The molecule has 1 unspecified atom stereocenters. The molecular formula is C16H36IN5. The first-order valence-electron chi connectivity index (χ1n) is 8.36. The van der Waals surface area contributed by atoms with Gasteiger partial charge in [0, 0.05) is 45.8 Å². The monoisotopic (exact) mass is 425 g/mol. The summed E-state index contributed by atoms with van der Waals surface area (Å²) >= 11 is 0. The molecule has 1 aliphatic heterocycles. The summed E-state index contributed by atoms with van der Waals surface area (Å²) in [6.45, 7) is 9.95. The van der Waals surface area contributed by atoms with Crippen LogP contribution in [0, 0.1) is 5.92 Å². The second-order valence-electron chi connectivity index (χ2n) is 6.67. The number of hydrogen-bond donors (Lipinski definition) is 2. The Morgan fingerprint density at radius 3 is 2.55 bits per heavy atom. The topological polar surface area (TPSA) is 42.9 Å². The van der Waals surface area contributed by atoms with Crippen LogP contribution in [-0.2, 0) is 0 Å². The van der Waals surface area contributed by atoms with Crippen LogP contribution in [0.4, 0.5) is 0 Å². The van der Waals surface area contributed by atoms with Crippen LogP contribution in [0.2, 0.25) is 0 Å². The summed E-state index contributed by atoms with van der Waals surface area (Å²) in [5.74, 6) is 1.74. The van der Waals surface area contributed by atoms with Crippen molar-refractivity contribution >= 4 is 29.9 Å². The van der Waals surface area contributed by atoms with E-state index in [1.807, 2.05) is 7.05 Å². The van der Waals surface area contributed by atoms with E-state index in [0.29, 0.717) is 6.04 Å². The van der Waals surface area contributed by atoms with Crippen LogP contribution in [0.5, 0.6) is 0 Å². The summed E-state index contributed by atoms with van der Waals surface area (Å²) < 4.78 is 0. The molecule has 132 valence electrons. The number of rotatable bonds is 7. The van der Waals surface area contributed by atoms with E-state index < -0.39 is 0 Å². The highest BCUT2D eigenvalue weighted by atomic mass is 127. The lowest BCUT2D eigenvalue weighted by atomic mass is 10.1. The number of halogens is 1. The van der Waals surface area contributed by atoms with Crippen molar-refractivity contribution < 1.29 is 0 Å². The van der Waals surface area contributed by atoms with Gasteiger partial charge in [0.15, 0.2) is 5.96 Å². The fourth-order valence-corrected chi connectivity index (χ4v) is 2.64. The molecule has 6 heteroatoms. The Morgan fingerprint density at radius 2 is 1.91 bits per heavy atom. The van der Waals surface area contributed by atoms with Gasteiger partial charge >= 0.3 is 0 Å². The van der Waals surface area contributed by atoms with E-state index in [2.05, 4.69) is 53.4 Å². The third-order valence-corrected chi connectivity index (χ3v) is 4.21. The third-order valence-electron chi connectivity index (χ3n) is 4.21. The predicted molar refractivity (Wildman–Crippen MR) is 107 cm³/mol. The van der Waals surface area contributed by atoms with Crippen molar-refractivity contribution in [2.45, 2.75) is 39.2 Å². The van der Waals surface area contributed by atoms with E-state index in [-0.39, 0.29) is 24.0 Å². The average Bonchev–Trinajstić information content (AvgIpc) is 2.45. The van der Waals surface area contributed by atoms with Crippen LogP contribution in [0.1, 0.15) is 33.1 Å². The summed E-state index contributed by atoms with van der Waals surface area (Å²) in [5, 5.41) is 6.88. The number of nitrogens with zero attached hydrogens (tertiary/aromatic N) is 3. The fourth-order valence-electron chi connectivity index (χ4n) is 2.64. The van der Waals surface area contributed by atoms with Gasteiger partial charge in [0.1, 0.15) is 0 Å². The van der Waals surface area contributed by atoms with E-state index >= 15 is 0 Å². The highest BCUT2D eigenvalue weighted by Gasteiger charge is 2.21. The standard InChI is InChI=1S/C16H35N5.HI/c1-14(2)8-6-7-9-18-16(17-3)19-12-15-13-20(4)10-11-21(15)5;/h14-15H,6-13H2,1-5H3,(H2,17,18,19);1H. The van der Waals surface area contributed by atoms with E-state index in [9.17, 15) is 0 Å². The molecule has 1 saturated heterocycles. The molecule has 0 bridgehead atoms. The first kappa shape index (κ1) is 21.9. The van der Waals surface area contributed by atoms with E-state index in [0.717, 1.165) is 44.6 Å². The van der Waals surface area contributed by atoms with Gasteiger partial charge in [0.2, 0.25) is 0 Å². The first-order valence-corrected chi connectivity index (χ1v) is 8.36. The summed E-state index contributed by atoms with van der Waals surface area (Å²) in [7, 11) is 6.25. The zero-order valence-electron chi connectivity index (χ0n) is 15.1. The minimum absolute atomic E-state index is 0. The Balaban J connectivity index is 0.00000441. The van der Waals surface area contributed by atoms with Crippen LogP contribution in [0.25, 0.3) is 0 Å². The molecule has 1 fully saturated rings. The number of unbranched alkanes of at least 4 members (excludes halogenated alkanes) is 1. The molecule has 22 heavy (non-hydrogen) atoms. The molecule has 0 radical (unpaired) electrons. The SMILES string of the molecule is CN=C(NCCCCC(C)C)NCC1CN(C)CCN1C.I. The molecule has 0 amide bonds. The van der Waals surface area contributed by atoms with Gasteiger partial charge in [-0.1, -0.05) is 26.7 Å². The fraction of sp³-hybridized carbons (Fsp3) is 0.938. The van der Waals surface area contributed by atoms with Gasteiger partial charge in [-0.3, -0.25) is 9.89 Å². The quantitative estimate of drug-likeness (QED) is 0.283. The number of hydrogen-bond acceptors (Lipinski definition) is 3. The Bertz CT molecular complexity index is 309. The Hall–Kier alpha value is -0.0800. The summed E-state index contributed by atoms with van der Waals surface area (Å²) in [6, 6.07) is 0.559. The summed E-state index contributed by atoms with van der Waals surface area (Å²) in [4.78, 5) is 9.14. The molecule has 1 rings (SSSR count). The Morgan fingerprint density at radius 1 is 1.18 bits per heavy atom. The van der Waals surface area contributed by atoms with E-state index in [4.69, 9.17) is 0 Å². The smallest absolute Gasteiger partial charge is 0.191 e. The molecule has 0 spiro atoms. The van der Waals surface area contributed by atoms with Crippen LogP contribution >= 0.6 is 24.0 Å². The van der Waals surface area contributed by atoms with E-state index in [1.165, 1.54) is 19.3 Å². The normalized spacial score (nSPS) is 20.8. The van der Waals surface area contributed by atoms with Crippen molar-refractivity contribution in [3.63, 3.8) is 0 Å². The Kier molecular flexibility index (Phi) is 12.3. The molecule has 0 aromatic rings. The minimum atomic E-state index is 0. The number of guanidine groups is 1. The second kappa shape index (κ2) is 12.4. The number of likely N-dealkylation sites (N-methyl/N-ethyl adjacent to an activating group) is 2. The van der Waals surface area contributed by atoms with E-state index in [1.54, 1.807) is 0 Å². The highest BCUT2D eigenvalue weighted by Crippen LogP contribution is 2.05. The molecule has 0 aromatic heterocycles. The highest BCUT2D eigenvalue weighted by molar-refractivity contribution is 14.0. The van der Waals surface area contributed by atoms with Crippen LogP contribution < -0.4 is 10.6 Å². The van der Waals surface area contributed by atoms with Crippen molar-refractivity contribution in [1.82, 2.24) is 20.4 Å². The van der Waals surface area contributed by atoms with Gasteiger partial charge < -0.3 is 15.5 Å². The Labute approximate surface area is 154 Å². The maximum atomic E-state index is 4.31. The third kappa shape index (κ3) is 9.15. The van der Waals surface area contributed by atoms with Crippen LogP contribution in [0.3, 0.4) is 0 Å². The lowest BCUT2D eigenvalue weighted by molar-refractivity contribution is 0.116. The summed E-state index contributed by atoms with van der Waals surface area (Å²) in [5.41, 5.74) is 0.